The molecule has 17 heavy (non-hydrogen) atoms. The molecule has 2 N–H and O–H groups in total. The van der Waals surface area contributed by atoms with Crippen LogP contribution in [0.15, 0.2) is 18.2 Å². The second-order valence-electron chi connectivity index (χ2n) is 3.72. The molecule has 0 saturated heterocycles. The Morgan fingerprint density at radius 3 is 2.41 bits per heavy atom. The Bertz CT molecular complexity index is 537. The van der Waals surface area contributed by atoms with Crippen molar-refractivity contribution in [2.75, 3.05) is 18.8 Å². The van der Waals surface area contributed by atoms with Crippen molar-refractivity contribution in [3.05, 3.63) is 29.3 Å². The van der Waals surface area contributed by atoms with Crippen molar-refractivity contribution < 1.29 is 18.3 Å². The van der Waals surface area contributed by atoms with E-state index in [0.29, 0.717) is 5.56 Å². The van der Waals surface area contributed by atoms with E-state index in [0.717, 1.165) is 4.31 Å². The number of rotatable bonds is 4. The molecule has 94 valence electrons. The first-order chi connectivity index (χ1) is 7.74. The average Bonchev–Trinajstić information content (AvgIpc) is 2.20. The minimum atomic E-state index is -3.63. The summed E-state index contributed by atoms with van der Waals surface area (Å²) in [7, 11) is -0.851. The third-order valence-corrected chi connectivity index (χ3v) is 3.64. The largest absolute Gasteiger partial charge is 0.478 e. The van der Waals surface area contributed by atoms with Gasteiger partial charge in [-0.25, -0.2) is 4.79 Å². The van der Waals surface area contributed by atoms with Crippen molar-refractivity contribution >= 4 is 21.9 Å². The number of carboxylic acid groups (broad SMARTS) is 1. The second kappa shape index (κ2) is 4.72. The molecule has 1 aromatic rings. The molecular formula is C10H14N2O4S. The number of carbonyl (C=O) groups is 1. The molecule has 0 atom stereocenters. The van der Waals surface area contributed by atoms with Crippen LogP contribution in [0.1, 0.15) is 15.9 Å². The summed E-state index contributed by atoms with van der Waals surface area (Å²) in [5.74, 6) is -1.10. The number of benzene rings is 1. The lowest BCUT2D eigenvalue weighted by Crippen LogP contribution is -2.29. The first-order valence-corrected chi connectivity index (χ1v) is 6.22. The molecule has 7 heteroatoms. The number of hydrogen-bond donors (Lipinski definition) is 2. The van der Waals surface area contributed by atoms with Gasteiger partial charge in [0.15, 0.2) is 0 Å². The normalized spacial score (nSPS) is 11.5. The van der Waals surface area contributed by atoms with Gasteiger partial charge in [0.1, 0.15) is 0 Å². The maximum Gasteiger partial charge on any atom is 0.335 e. The Balaban J connectivity index is 3.15. The smallest absolute Gasteiger partial charge is 0.335 e. The van der Waals surface area contributed by atoms with Gasteiger partial charge in [0.2, 0.25) is 0 Å². The Labute approximate surface area is 100 Å². The molecule has 0 radical (unpaired) electrons. The molecule has 0 spiro atoms. The predicted octanol–water partition coefficient (Wildman–Crippen LogP) is 0.912. The first-order valence-electron chi connectivity index (χ1n) is 4.78. The van der Waals surface area contributed by atoms with Crippen molar-refractivity contribution in [1.82, 2.24) is 4.31 Å². The zero-order valence-electron chi connectivity index (χ0n) is 9.76. The fourth-order valence-electron chi connectivity index (χ4n) is 1.10. The molecule has 6 nitrogen and oxygen atoms in total. The molecule has 0 fully saturated rings. The molecule has 0 aliphatic rings. The summed E-state index contributed by atoms with van der Waals surface area (Å²) in [6, 6.07) is 4.26. The van der Waals surface area contributed by atoms with Gasteiger partial charge in [-0.05, 0) is 24.6 Å². The molecule has 0 aliphatic carbocycles. The molecule has 1 aromatic carbocycles. The van der Waals surface area contributed by atoms with E-state index < -0.39 is 16.2 Å². The predicted molar refractivity (Wildman–Crippen MR) is 64.4 cm³/mol. The van der Waals surface area contributed by atoms with Crippen LogP contribution in [0.2, 0.25) is 0 Å². The summed E-state index contributed by atoms with van der Waals surface area (Å²) >= 11 is 0. The van der Waals surface area contributed by atoms with Crippen LogP contribution in [0.5, 0.6) is 0 Å². The number of nitrogens with zero attached hydrogens (tertiary/aromatic N) is 1. The van der Waals surface area contributed by atoms with Crippen LogP contribution in [0, 0.1) is 6.92 Å². The molecular weight excluding hydrogens is 244 g/mol. The Morgan fingerprint density at radius 2 is 1.94 bits per heavy atom. The van der Waals surface area contributed by atoms with E-state index >= 15 is 0 Å². The summed E-state index contributed by atoms with van der Waals surface area (Å²) in [5, 5.41) is 8.82. The summed E-state index contributed by atoms with van der Waals surface area (Å²) in [5.41, 5.74) is 0.950. The second-order valence-corrected chi connectivity index (χ2v) is 5.61. The number of anilines is 1. The topological polar surface area (TPSA) is 86.7 Å². The lowest BCUT2D eigenvalue weighted by Gasteiger charge is -2.15. The highest BCUT2D eigenvalue weighted by Gasteiger charge is 2.15. The third-order valence-electron chi connectivity index (χ3n) is 2.20. The Hall–Kier alpha value is -1.60. The maximum atomic E-state index is 11.6. The van der Waals surface area contributed by atoms with Gasteiger partial charge in [-0.15, -0.1) is 0 Å². The van der Waals surface area contributed by atoms with Gasteiger partial charge in [0.05, 0.1) is 11.3 Å². The molecule has 0 saturated carbocycles. The van der Waals surface area contributed by atoms with Crippen molar-refractivity contribution in [1.29, 1.82) is 0 Å². The van der Waals surface area contributed by atoms with Gasteiger partial charge in [-0.2, -0.15) is 12.7 Å². The quantitative estimate of drug-likeness (QED) is 0.840. The minimum absolute atomic E-state index is 0.0343. The summed E-state index contributed by atoms with van der Waals surface area (Å²) in [4.78, 5) is 10.8. The van der Waals surface area contributed by atoms with Crippen molar-refractivity contribution in [2.24, 2.45) is 0 Å². The first kappa shape index (κ1) is 13.5. The van der Waals surface area contributed by atoms with Crippen molar-refractivity contribution in [2.45, 2.75) is 6.92 Å². The van der Waals surface area contributed by atoms with Crippen LogP contribution >= 0.6 is 0 Å². The van der Waals surface area contributed by atoms with Gasteiger partial charge in [-0.3, -0.25) is 4.72 Å². The number of aryl methyl sites for hydroxylation is 1. The molecule has 0 aliphatic heterocycles. The number of carboxylic acids is 1. The van der Waals surface area contributed by atoms with Crippen LogP contribution in [-0.2, 0) is 10.2 Å². The monoisotopic (exact) mass is 258 g/mol. The van der Waals surface area contributed by atoms with Gasteiger partial charge in [-0.1, -0.05) is 6.07 Å². The summed E-state index contributed by atoms with van der Waals surface area (Å²) in [6.07, 6.45) is 0. The number of aromatic carboxylic acids is 1. The molecule has 0 amide bonds. The van der Waals surface area contributed by atoms with Crippen LogP contribution < -0.4 is 4.72 Å². The lowest BCUT2D eigenvalue weighted by molar-refractivity contribution is 0.0697. The van der Waals surface area contributed by atoms with Gasteiger partial charge in [0.25, 0.3) is 0 Å². The highest BCUT2D eigenvalue weighted by molar-refractivity contribution is 7.90. The van der Waals surface area contributed by atoms with E-state index in [-0.39, 0.29) is 11.3 Å². The van der Waals surface area contributed by atoms with Crippen LogP contribution in [0.25, 0.3) is 0 Å². The molecule has 1 rings (SSSR count). The fourth-order valence-corrected chi connectivity index (χ4v) is 1.78. The van der Waals surface area contributed by atoms with Crippen LogP contribution in [-0.4, -0.2) is 37.9 Å². The van der Waals surface area contributed by atoms with Crippen molar-refractivity contribution in [3.8, 4) is 0 Å². The van der Waals surface area contributed by atoms with E-state index in [9.17, 15) is 13.2 Å². The van der Waals surface area contributed by atoms with Crippen LogP contribution in [0.4, 0.5) is 5.69 Å². The van der Waals surface area contributed by atoms with E-state index in [4.69, 9.17) is 5.11 Å². The van der Waals surface area contributed by atoms with E-state index in [1.807, 2.05) is 0 Å². The lowest BCUT2D eigenvalue weighted by atomic mass is 10.1. The van der Waals surface area contributed by atoms with Gasteiger partial charge in [0, 0.05) is 14.1 Å². The molecule has 0 aromatic heterocycles. The van der Waals surface area contributed by atoms with E-state index in [2.05, 4.69) is 4.72 Å². The molecule has 0 bridgehead atoms. The van der Waals surface area contributed by atoms with Crippen LogP contribution in [0.3, 0.4) is 0 Å². The summed E-state index contributed by atoms with van der Waals surface area (Å²) < 4.78 is 26.5. The zero-order valence-corrected chi connectivity index (χ0v) is 10.6. The van der Waals surface area contributed by atoms with Gasteiger partial charge < -0.3 is 5.11 Å². The van der Waals surface area contributed by atoms with Crippen molar-refractivity contribution in [3.63, 3.8) is 0 Å². The zero-order chi connectivity index (χ0) is 13.2. The SMILES string of the molecule is Cc1ccc(C(=O)O)cc1NS(=O)(=O)N(C)C. The standard InChI is InChI=1S/C10H14N2O4S/c1-7-4-5-8(10(13)14)6-9(7)11-17(15,16)12(2)3/h4-6,11H,1-3H3,(H,13,14). The maximum absolute atomic E-state index is 11.6. The number of nitrogens with one attached hydrogen (secondary N) is 1. The summed E-state index contributed by atoms with van der Waals surface area (Å²) in [6.45, 7) is 1.69. The molecule has 0 unspecified atom stereocenters. The van der Waals surface area contributed by atoms with Gasteiger partial charge >= 0.3 is 16.2 Å². The average molecular weight is 258 g/mol. The minimum Gasteiger partial charge on any atom is -0.478 e. The highest BCUT2D eigenvalue weighted by Crippen LogP contribution is 2.18. The number of hydrogen-bond acceptors (Lipinski definition) is 3. The fraction of sp³-hybridized carbons (Fsp3) is 0.300. The van der Waals surface area contributed by atoms with E-state index in [1.54, 1.807) is 13.0 Å². The highest BCUT2D eigenvalue weighted by atomic mass is 32.2. The van der Waals surface area contributed by atoms with E-state index in [1.165, 1.54) is 26.2 Å². The molecule has 0 heterocycles. The Kier molecular flexibility index (Phi) is 3.74. The third kappa shape index (κ3) is 3.18. The Morgan fingerprint density at radius 1 is 1.35 bits per heavy atom.